The van der Waals surface area contributed by atoms with Crippen LogP contribution in [0.4, 0.5) is 0 Å². The highest BCUT2D eigenvalue weighted by Crippen LogP contribution is 2.37. The van der Waals surface area contributed by atoms with Crippen LogP contribution in [0.1, 0.15) is 41.3 Å². The van der Waals surface area contributed by atoms with Gasteiger partial charge in [-0.05, 0) is 30.2 Å². The third-order valence-corrected chi connectivity index (χ3v) is 6.38. The molecule has 2 fully saturated rings. The molecule has 2 aliphatic heterocycles. The molecule has 2 unspecified atom stereocenters. The first-order valence-electron chi connectivity index (χ1n) is 9.76. The van der Waals surface area contributed by atoms with Crippen LogP contribution in [-0.4, -0.2) is 44.7 Å². The number of hydrogen-bond acceptors (Lipinski definition) is 4. The number of amides is 1. The minimum Gasteiger partial charge on any atom is -0.345 e. The molecule has 0 radical (unpaired) electrons. The minimum absolute atomic E-state index is 0.125. The number of aromatic nitrogens is 3. The van der Waals surface area contributed by atoms with Gasteiger partial charge in [-0.15, -0.1) is 10.2 Å². The fourth-order valence-electron chi connectivity index (χ4n) is 4.64. The Morgan fingerprint density at radius 2 is 1.88 bits per heavy atom. The molecule has 6 heteroatoms. The van der Waals surface area contributed by atoms with Crippen molar-refractivity contribution in [1.82, 2.24) is 25.0 Å². The number of hydrogen-bond donors (Lipinski definition) is 1. The maximum atomic E-state index is 12.6. The molecule has 1 N–H and O–H groups in total. The van der Waals surface area contributed by atoms with E-state index >= 15 is 0 Å². The largest absolute Gasteiger partial charge is 0.345 e. The summed E-state index contributed by atoms with van der Waals surface area (Å²) >= 11 is 0. The summed E-state index contributed by atoms with van der Waals surface area (Å²) in [6.07, 6.45) is 5.05. The van der Waals surface area contributed by atoms with Gasteiger partial charge < -0.3 is 9.88 Å². The van der Waals surface area contributed by atoms with Crippen LogP contribution in [0.2, 0.25) is 0 Å². The van der Waals surface area contributed by atoms with E-state index in [-0.39, 0.29) is 5.91 Å². The fraction of sp³-hybridized carbons (Fsp3) is 0.550. The molecule has 3 heterocycles. The Labute approximate surface area is 153 Å². The summed E-state index contributed by atoms with van der Waals surface area (Å²) in [6.45, 7) is 3.75. The van der Waals surface area contributed by atoms with Gasteiger partial charge >= 0.3 is 0 Å². The standard InChI is InChI=1S/C20H25N5O/c26-20(21-10-14-5-2-1-3-6-14)19-23-22-18-9-15-11-24(17-7-4-8-17)12-16(15)13-25(18)19/h1-3,5-6,15-17H,4,7-13H2,(H,21,26). The van der Waals surface area contributed by atoms with Crippen LogP contribution in [0, 0.1) is 11.8 Å². The first-order valence-corrected chi connectivity index (χ1v) is 9.76. The van der Waals surface area contributed by atoms with Crippen molar-refractivity contribution in [2.45, 2.75) is 44.8 Å². The lowest BCUT2D eigenvalue weighted by atomic mass is 9.89. The van der Waals surface area contributed by atoms with Crippen LogP contribution in [0.25, 0.3) is 0 Å². The van der Waals surface area contributed by atoms with Gasteiger partial charge in [0.05, 0.1) is 0 Å². The summed E-state index contributed by atoms with van der Waals surface area (Å²) in [7, 11) is 0. The first-order chi connectivity index (χ1) is 12.8. The monoisotopic (exact) mass is 351 g/mol. The molecule has 1 aromatic carbocycles. The van der Waals surface area contributed by atoms with Crippen LogP contribution in [-0.2, 0) is 19.5 Å². The van der Waals surface area contributed by atoms with E-state index in [2.05, 4.69) is 25.0 Å². The van der Waals surface area contributed by atoms with Crippen molar-refractivity contribution < 1.29 is 4.79 Å². The van der Waals surface area contributed by atoms with Crippen molar-refractivity contribution in [3.05, 3.63) is 47.5 Å². The van der Waals surface area contributed by atoms with E-state index in [0.29, 0.717) is 24.2 Å². The van der Waals surface area contributed by atoms with Gasteiger partial charge in [-0.1, -0.05) is 36.8 Å². The van der Waals surface area contributed by atoms with Gasteiger partial charge in [0.2, 0.25) is 5.82 Å². The number of benzene rings is 1. The highest BCUT2D eigenvalue weighted by atomic mass is 16.2. The summed E-state index contributed by atoms with van der Waals surface area (Å²) < 4.78 is 2.06. The molecule has 1 saturated carbocycles. The summed E-state index contributed by atoms with van der Waals surface area (Å²) in [4.78, 5) is 15.3. The van der Waals surface area contributed by atoms with Gasteiger partial charge in [-0.3, -0.25) is 9.69 Å². The Kier molecular flexibility index (Phi) is 4.00. The van der Waals surface area contributed by atoms with Crippen LogP contribution in [0.3, 0.4) is 0 Å². The Morgan fingerprint density at radius 1 is 1.08 bits per heavy atom. The predicted molar refractivity (Wildman–Crippen MR) is 97.5 cm³/mol. The zero-order valence-corrected chi connectivity index (χ0v) is 15.0. The second kappa shape index (κ2) is 6.50. The zero-order chi connectivity index (χ0) is 17.5. The second-order valence-corrected chi connectivity index (χ2v) is 7.98. The fourth-order valence-corrected chi connectivity index (χ4v) is 4.64. The second-order valence-electron chi connectivity index (χ2n) is 7.98. The topological polar surface area (TPSA) is 63.1 Å². The van der Waals surface area contributed by atoms with Crippen LogP contribution in [0.15, 0.2) is 30.3 Å². The molecular weight excluding hydrogens is 326 g/mol. The maximum Gasteiger partial charge on any atom is 0.289 e. The van der Waals surface area contributed by atoms with E-state index in [1.54, 1.807) is 0 Å². The molecule has 1 amide bonds. The van der Waals surface area contributed by atoms with Gasteiger partial charge in [0.25, 0.3) is 5.91 Å². The first kappa shape index (κ1) is 16.0. The van der Waals surface area contributed by atoms with E-state index in [4.69, 9.17) is 0 Å². The highest BCUT2D eigenvalue weighted by molar-refractivity contribution is 5.90. The highest BCUT2D eigenvalue weighted by Gasteiger charge is 2.41. The lowest BCUT2D eigenvalue weighted by Crippen LogP contribution is -2.38. The molecule has 1 aromatic heterocycles. The number of carbonyl (C=O) groups is 1. The molecule has 6 nitrogen and oxygen atoms in total. The Hall–Kier alpha value is -2.21. The number of carbonyl (C=O) groups excluding carboxylic acids is 1. The number of likely N-dealkylation sites (tertiary alicyclic amines) is 1. The predicted octanol–water partition coefficient (Wildman–Crippen LogP) is 1.86. The molecule has 1 saturated heterocycles. The molecule has 2 aromatic rings. The van der Waals surface area contributed by atoms with Gasteiger partial charge in [0.1, 0.15) is 5.82 Å². The molecular formula is C20H25N5O. The van der Waals surface area contributed by atoms with E-state index < -0.39 is 0 Å². The smallest absolute Gasteiger partial charge is 0.289 e. The van der Waals surface area contributed by atoms with Crippen molar-refractivity contribution in [3.8, 4) is 0 Å². The van der Waals surface area contributed by atoms with Crippen LogP contribution in [0.5, 0.6) is 0 Å². The van der Waals surface area contributed by atoms with Crippen LogP contribution < -0.4 is 5.32 Å². The lowest BCUT2D eigenvalue weighted by molar-refractivity contribution is 0.0932. The van der Waals surface area contributed by atoms with Crippen LogP contribution >= 0.6 is 0 Å². The number of nitrogens with one attached hydrogen (secondary N) is 1. The summed E-state index contributed by atoms with van der Waals surface area (Å²) in [5.41, 5.74) is 1.09. The van der Waals surface area contributed by atoms with Crippen molar-refractivity contribution in [2.24, 2.45) is 11.8 Å². The maximum absolute atomic E-state index is 12.6. The lowest BCUT2D eigenvalue weighted by Gasteiger charge is -2.34. The number of nitrogens with zero attached hydrogens (tertiary/aromatic N) is 4. The average molecular weight is 351 g/mol. The SMILES string of the molecule is O=C(NCc1ccccc1)c1nnc2n1CC1CN(C3CCC3)CC1C2. The van der Waals surface area contributed by atoms with E-state index in [9.17, 15) is 4.79 Å². The Bertz CT molecular complexity index is 798. The number of fused-ring (bicyclic) bond motifs is 2. The van der Waals surface area contributed by atoms with Gasteiger partial charge in [0.15, 0.2) is 0 Å². The third kappa shape index (κ3) is 2.82. The zero-order valence-electron chi connectivity index (χ0n) is 15.0. The summed E-state index contributed by atoms with van der Waals surface area (Å²) in [5, 5.41) is 11.5. The molecule has 3 aliphatic rings. The number of rotatable bonds is 4. The van der Waals surface area contributed by atoms with Gasteiger partial charge in [0, 0.05) is 38.6 Å². The summed E-state index contributed by atoms with van der Waals surface area (Å²) in [5.74, 6) is 2.62. The molecule has 26 heavy (non-hydrogen) atoms. The summed E-state index contributed by atoms with van der Waals surface area (Å²) in [6, 6.07) is 10.8. The van der Waals surface area contributed by atoms with Crippen molar-refractivity contribution in [1.29, 1.82) is 0 Å². The van der Waals surface area contributed by atoms with E-state index in [1.165, 1.54) is 25.8 Å². The molecule has 136 valence electrons. The average Bonchev–Trinajstić information content (AvgIpc) is 3.20. The quantitative estimate of drug-likeness (QED) is 0.913. The Morgan fingerprint density at radius 3 is 2.65 bits per heavy atom. The van der Waals surface area contributed by atoms with Crippen molar-refractivity contribution in [3.63, 3.8) is 0 Å². The molecule has 5 rings (SSSR count). The van der Waals surface area contributed by atoms with E-state index in [1.807, 2.05) is 30.3 Å². The molecule has 1 aliphatic carbocycles. The van der Waals surface area contributed by atoms with Gasteiger partial charge in [-0.25, -0.2) is 0 Å². The molecule has 0 bridgehead atoms. The van der Waals surface area contributed by atoms with Gasteiger partial charge in [-0.2, -0.15) is 0 Å². The van der Waals surface area contributed by atoms with Crippen molar-refractivity contribution >= 4 is 5.91 Å². The Balaban J connectivity index is 1.27. The third-order valence-electron chi connectivity index (χ3n) is 6.38. The minimum atomic E-state index is -0.125. The normalized spacial score (nSPS) is 25.4. The molecule has 0 spiro atoms. The van der Waals surface area contributed by atoms with Crippen molar-refractivity contribution in [2.75, 3.05) is 13.1 Å². The molecule has 2 atom stereocenters. The van der Waals surface area contributed by atoms with E-state index in [0.717, 1.165) is 36.9 Å².